The smallest absolute Gasteiger partial charge is 0.310 e. The lowest BCUT2D eigenvalue weighted by Crippen LogP contribution is -2.45. The van der Waals surface area contributed by atoms with Crippen LogP contribution in [0, 0.1) is 0 Å². The Hall–Kier alpha value is -2.38. The van der Waals surface area contributed by atoms with Crippen molar-refractivity contribution in [1.82, 2.24) is 10.2 Å². The van der Waals surface area contributed by atoms with E-state index in [1.165, 1.54) is 0 Å². The highest BCUT2D eigenvalue weighted by Crippen LogP contribution is 2.14. The Balaban J connectivity index is 1.41. The molecule has 144 valence electrons. The van der Waals surface area contributed by atoms with Gasteiger partial charge in [-0.1, -0.05) is 36.4 Å². The molecule has 0 saturated carbocycles. The summed E-state index contributed by atoms with van der Waals surface area (Å²) in [6, 6.07) is 17.8. The van der Waals surface area contributed by atoms with Crippen LogP contribution in [0.15, 0.2) is 60.7 Å². The third-order valence-corrected chi connectivity index (χ3v) is 5.71. The lowest BCUT2D eigenvalue weighted by molar-refractivity contribution is 0.0913. The van der Waals surface area contributed by atoms with Crippen LogP contribution in [0.25, 0.3) is 0 Å². The molecule has 2 aromatic carbocycles. The SMILES string of the molecule is O=C(NC1CCN(CCS(=O)(=O)Oc2ccccc2)CC1)c1ccccc1. The molecule has 1 aliphatic heterocycles. The fourth-order valence-corrected chi connectivity index (χ4v) is 4.03. The predicted molar refractivity (Wildman–Crippen MR) is 104 cm³/mol. The van der Waals surface area contributed by atoms with Gasteiger partial charge in [-0.05, 0) is 37.1 Å². The molecule has 0 atom stereocenters. The minimum absolute atomic E-state index is 0.0526. The average Bonchev–Trinajstić information content (AvgIpc) is 2.69. The minimum atomic E-state index is -3.61. The highest BCUT2D eigenvalue weighted by Gasteiger charge is 2.23. The molecular formula is C20H24N2O4S. The largest absolute Gasteiger partial charge is 0.382 e. The summed E-state index contributed by atoms with van der Waals surface area (Å²) in [6.45, 7) is 1.93. The number of piperidine rings is 1. The van der Waals surface area contributed by atoms with Crippen LogP contribution in [0.3, 0.4) is 0 Å². The number of carbonyl (C=O) groups excluding carboxylic acids is 1. The molecule has 0 aromatic heterocycles. The maximum atomic E-state index is 12.2. The van der Waals surface area contributed by atoms with Crippen molar-refractivity contribution in [2.24, 2.45) is 0 Å². The van der Waals surface area contributed by atoms with Crippen LogP contribution in [0.5, 0.6) is 5.75 Å². The molecule has 27 heavy (non-hydrogen) atoms. The highest BCUT2D eigenvalue weighted by molar-refractivity contribution is 7.87. The summed E-state index contributed by atoms with van der Waals surface area (Å²) in [4.78, 5) is 14.3. The maximum Gasteiger partial charge on any atom is 0.310 e. The van der Waals surface area contributed by atoms with Gasteiger partial charge in [0.2, 0.25) is 0 Å². The van der Waals surface area contributed by atoms with E-state index in [0.29, 0.717) is 17.9 Å². The van der Waals surface area contributed by atoms with Crippen LogP contribution >= 0.6 is 0 Å². The van der Waals surface area contributed by atoms with Crippen molar-refractivity contribution in [1.29, 1.82) is 0 Å². The van der Waals surface area contributed by atoms with Gasteiger partial charge in [-0.25, -0.2) is 0 Å². The molecule has 1 heterocycles. The van der Waals surface area contributed by atoms with E-state index in [-0.39, 0.29) is 17.7 Å². The third-order valence-electron chi connectivity index (χ3n) is 4.58. The Morgan fingerprint density at radius 3 is 2.22 bits per heavy atom. The first kappa shape index (κ1) is 19.4. The van der Waals surface area contributed by atoms with Crippen molar-refractivity contribution in [2.75, 3.05) is 25.4 Å². The van der Waals surface area contributed by atoms with Gasteiger partial charge in [-0.3, -0.25) is 4.79 Å². The quantitative estimate of drug-likeness (QED) is 0.737. The van der Waals surface area contributed by atoms with Crippen LogP contribution < -0.4 is 9.50 Å². The van der Waals surface area contributed by atoms with Gasteiger partial charge >= 0.3 is 10.1 Å². The molecule has 0 radical (unpaired) electrons. The molecule has 1 saturated heterocycles. The summed E-state index contributed by atoms with van der Waals surface area (Å²) in [5.74, 6) is 0.218. The van der Waals surface area contributed by atoms with Gasteiger partial charge < -0.3 is 14.4 Å². The molecule has 3 rings (SSSR count). The summed E-state index contributed by atoms with van der Waals surface area (Å²) < 4.78 is 29.3. The van der Waals surface area contributed by atoms with Gasteiger partial charge in [0.05, 0.1) is 5.75 Å². The van der Waals surface area contributed by atoms with Crippen LogP contribution in [0.1, 0.15) is 23.2 Å². The Morgan fingerprint density at radius 1 is 1.00 bits per heavy atom. The lowest BCUT2D eigenvalue weighted by Gasteiger charge is -2.32. The second-order valence-electron chi connectivity index (χ2n) is 6.61. The molecule has 0 bridgehead atoms. The fourth-order valence-electron chi connectivity index (χ4n) is 3.06. The topological polar surface area (TPSA) is 75.7 Å². The molecule has 1 N–H and O–H groups in total. The zero-order valence-electron chi connectivity index (χ0n) is 15.1. The van der Waals surface area contributed by atoms with Crippen LogP contribution in [-0.4, -0.2) is 50.7 Å². The van der Waals surface area contributed by atoms with Gasteiger partial charge in [0, 0.05) is 31.2 Å². The first-order valence-corrected chi connectivity index (χ1v) is 10.6. The van der Waals surface area contributed by atoms with E-state index in [1.807, 2.05) is 18.2 Å². The second kappa shape index (κ2) is 9.01. The number of likely N-dealkylation sites (tertiary alicyclic amines) is 1. The van der Waals surface area contributed by atoms with E-state index in [0.717, 1.165) is 25.9 Å². The summed E-state index contributed by atoms with van der Waals surface area (Å²) in [7, 11) is -3.61. The Labute approximate surface area is 160 Å². The summed E-state index contributed by atoms with van der Waals surface area (Å²) in [5, 5.41) is 3.05. The van der Waals surface area contributed by atoms with E-state index in [4.69, 9.17) is 4.18 Å². The van der Waals surface area contributed by atoms with Crippen molar-refractivity contribution < 1.29 is 17.4 Å². The number of hydrogen-bond acceptors (Lipinski definition) is 5. The zero-order valence-corrected chi connectivity index (χ0v) is 15.9. The zero-order chi connectivity index (χ0) is 19.1. The van der Waals surface area contributed by atoms with Gasteiger partial charge in [-0.2, -0.15) is 8.42 Å². The van der Waals surface area contributed by atoms with Crippen molar-refractivity contribution in [2.45, 2.75) is 18.9 Å². The monoisotopic (exact) mass is 388 g/mol. The first-order chi connectivity index (χ1) is 13.0. The average molecular weight is 388 g/mol. The van der Waals surface area contributed by atoms with Crippen LogP contribution in [0.4, 0.5) is 0 Å². The van der Waals surface area contributed by atoms with Gasteiger partial charge in [-0.15, -0.1) is 0 Å². The van der Waals surface area contributed by atoms with Crippen molar-refractivity contribution in [3.63, 3.8) is 0 Å². The van der Waals surface area contributed by atoms with Crippen molar-refractivity contribution in [3.8, 4) is 5.75 Å². The van der Waals surface area contributed by atoms with Gasteiger partial charge in [0.15, 0.2) is 0 Å². The van der Waals surface area contributed by atoms with E-state index in [1.54, 1.807) is 42.5 Å². The Kier molecular flexibility index (Phi) is 6.47. The minimum Gasteiger partial charge on any atom is -0.382 e. The first-order valence-electron chi connectivity index (χ1n) is 9.07. The van der Waals surface area contributed by atoms with E-state index < -0.39 is 10.1 Å². The number of para-hydroxylation sites is 1. The lowest BCUT2D eigenvalue weighted by atomic mass is 10.0. The molecule has 1 amide bonds. The number of carbonyl (C=O) groups is 1. The molecule has 7 heteroatoms. The standard InChI is InChI=1S/C20H24N2O4S/c23-20(17-7-3-1-4-8-17)21-18-11-13-22(14-12-18)15-16-27(24,25)26-19-9-5-2-6-10-19/h1-10,18H,11-16H2,(H,21,23). The second-order valence-corrected chi connectivity index (χ2v) is 8.30. The number of nitrogens with zero attached hydrogens (tertiary/aromatic N) is 1. The molecule has 0 unspecified atom stereocenters. The third kappa shape index (κ3) is 6.08. The predicted octanol–water partition coefficient (Wildman–Crippen LogP) is 2.29. The van der Waals surface area contributed by atoms with Crippen molar-refractivity contribution in [3.05, 3.63) is 66.2 Å². The maximum absolute atomic E-state index is 12.2. The van der Waals surface area contributed by atoms with Crippen LogP contribution in [0.2, 0.25) is 0 Å². The number of amides is 1. The van der Waals surface area contributed by atoms with E-state index in [2.05, 4.69) is 10.2 Å². The normalized spacial score (nSPS) is 16.0. The summed E-state index contributed by atoms with van der Waals surface area (Å²) in [5.41, 5.74) is 0.657. The Bertz CT molecular complexity index is 833. The summed E-state index contributed by atoms with van der Waals surface area (Å²) in [6.07, 6.45) is 1.61. The molecule has 6 nitrogen and oxygen atoms in total. The molecule has 0 spiro atoms. The number of benzene rings is 2. The van der Waals surface area contributed by atoms with Crippen LogP contribution in [-0.2, 0) is 10.1 Å². The van der Waals surface area contributed by atoms with Gasteiger partial charge in [0.1, 0.15) is 5.75 Å². The molecule has 1 aliphatic rings. The number of nitrogens with one attached hydrogen (secondary N) is 1. The number of hydrogen-bond donors (Lipinski definition) is 1. The summed E-state index contributed by atoms with van der Waals surface area (Å²) >= 11 is 0. The highest BCUT2D eigenvalue weighted by atomic mass is 32.2. The van der Waals surface area contributed by atoms with Gasteiger partial charge in [0.25, 0.3) is 5.91 Å². The Morgan fingerprint density at radius 2 is 1.59 bits per heavy atom. The molecular weight excluding hydrogens is 364 g/mol. The fraction of sp³-hybridized carbons (Fsp3) is 0.350. The number of rotatable bonds is 7. The molecule has 2 aromatic rings. The van der Waals surface area contributed by atoms with E-state index in [9.17, 15) is 13.2 Å². The van der Waals surface area contributed by atoms with E-state index >= 15 is 0 Å². The van der Waals surface area contributed by atoms with Crippen molar-refractivity contribution >= 4 is 16.0 Å². The molecule has 1 fully saturated rings. The molecule has 0 aliphatic carbocycles.